The van der Waals surface area contributed by atoms with Gasteiger partial charge < -0.3 is 5.73 Å². The molecule has 3 nitrogen and oxygen atoms in total. The van der Waals surface area contributed by atoms with Crippen molar-refractivity contribution in [2.45, 2.75) is 44.6 Å². The van der Waals surface area contributed by atoms with Crippen molar-refractivity contribution in [1.82, 2.24) is 10.2 Å². The Labute approximate surface area is 92.6 Å². The molecule has 0 bridgehead atoms. The van der Waals surface area contributed by atoms with Gasteiger partial charge in [0.25, 0.3) is 0 Å². The Morgan fingerprint density at radius 2 is 2.07 bits per heavy atom. The van der Waals surface area contributed by atoms with Crippen LogP contribution in [0, 0.1) is 0 Å². The maximum atomic E-state index is 5.59. The number of aromatic amines is 1. The second-order valence-corrected chi connectivity index (χ2v) is 4.73. The number of aromatic nitrogens is 2. The van der Waals surface area contributed by atoms with E-state index in [1.54, 1.807) is 0 Å². The number of nitrogens with zero attached hydrogens (tertiary/aromatic N) is 1. The highest BCUT2D eigenvalue weighted by Gasteiger charge is 2.21. The molecule has 2 rings (SSSR count). The van der Waals surface area contributed by atoms with Gasteiger partial charge >= 0.3 is 0 Å². The van der Waals surface area contributed by atoms with Gasteiger partial charge in [-0.2, -0.15) is 5.10 Å². The fraction of sp³-hybridized carbons (Fsp3) is 0.700. The van der Waals surface area contributed by atoms with Crippen LogP contribution in [0.4, 0.5) is 0 Å². The summed E-state index contributed by atoms with van der Waals surface area (Å²) in [7, 11) is 0. The summed E-state index contributed by atoms with van der Waals surface area (Å²) in [4.78, 5) is 0. The Hall–Kier alpha value is -0.350. The SMILES string of the molecule is NCc1[nH]nc(C2CCCCC2)c1Br. The van der Waals surface area contributed by atoms with Gasteiger partial charge in [0.1, 0.15) is 0 Å². The van der Waals surface area contributed by atoms with Crippen LogP contribution in [-0.2, 0) is 6.54 Å². The summed E-state index contributed by atoms with van der Waals surface area (Å²) < 4.78 is 1.10. The van der Waals surface area contributed by atoms with E-state index in [-0.39, 0.29) is 0 Å². The molecule has 4 heteroatoms. The van der Waals surface area contributed by atoms with Gasteiger partial charge in [-0.05, 0) is 28.8 Å². The average Bonchev–Trinajstić information content (AvgIpc) is 2.61. The van der Waals surface area contributed by atoms with Gasteiger partial charge in [0, 0.05) is 12.5 Å². The lowest BCUT2D eigenvalue weighted by atomic mass is 9.87. The summed E-state index contributed by atoms with van der Waals surface area (Å²) in [5.74, 6) is 0.634. The van der Waals surface area contributed by atoms with Gasteiger partial charge in [-0.3, -0.25) is 5.10 Å². The highest BCUT2D eigenvalue weighted by Crippen LogP contribution is 2.36. The van der Waals surface area contributed by atoms with E-state index in [2.05, 4.69) is 26.1 Å². The molecule has 1 aliphatic rings. The molecule has 0 radical (unpaired) electrons. The normalized spacial score (nSPS) is 18.7. The standard InChI is InChI=1S/C10H16BrN3/c11-9-8(6-12)13-14-10(9)7-4-2-1-3-5-7/h7H,1-6,12H2,(H,13,14). The van der Waals surface area contributed by atoms with Gasteiger partial charge in [0.2, 0.25) is 0 Å². The quantitative estimate of drug-likeness (QED) is 0.856. The van der Waals surface area contributed by atoms with E-state index in [1.807, 2.05) is 0 Å². The predicted octanol–water partition coefficient (Wildman–Crippen LogP) is 2.68. The van der Waals surface area contributed by atoms with Crippen LogP contribution in [0.3, 0.4) is 0 Å². The van der Waals surface area contributed by atoms with Crippen molar-refractivity contribution in [3.63, 3.8) is 0 Å². The van der Waals surface area contributed by atoms with Gasteiger partial charge in [-0.1, -0.05) is 19.3 Å². The van der Waals surface area contributed by atoms with E-state index < -0.39 is 0 Å². The van der Waals surface area contributed by atoms with Crippen LogP contribution in [0.5, 0.6) is 0 Å². The summed E-state index contributed by atoms with van der Waals surface area (Å²) in [5, 5.41) is 7.36. The fourth-order valence-electron chi connectivity index (χ4n) is 2.16. The van der Waals surface area contributed by atoms with Crippen molar-refractivity contribution >= 4 is 15.9 Å². The van der Waals surface area contributed by atoms with Crippen LogP contribution >= 0.6 is 15.9 Å². The van der Waals surface area contributed by atoms with E-state index in [0.29, 0.717) is 12.5 Å². The summed E-state index contributed by atoms with van der Waals surface area (Å²) in [5.41, 5.74) is 7.80. The number of hydrogen-bond acceptors (Lipinski definition) is 2. The second-order valence-electron chi connectivity index (χ2n) is 3.94. The molecule has 14 heavy (non-hydrogen) atoms. The van der Waals surface area contributed by atoms with E-state index in [9.17, 15) is 0 Å². The van der Waals surface area contributed by atoms with Crippen LogP contribution in [0.1, 0.15) is 49.4 Å². The molecular weight excluding hydrogens is 242 g/mol. The molecule has 0 aliphatic heterocycles. The summed E-state index contributed by atoms with van der Waals surface area (Å²) in [6.45, 7) is 0.528. The zero-order chi connectivity index (χ0) is 9.97. The lowest BCUT2D eigenvalue weighted by Crippen LogP contribution is -2.05. The van der Waals surface area contributed by atoms with Crippen molar-refractivity contribution in [3.05, 3.63) is 15.9 Å². The minimum atomic E-state index is 0.528. The second kappa shape index (κ2) is 4.45. The highest BCUT2D eigenvalue weighted by molar-refractivity contribution is 9.10. The third-order valence-electron chi connectivity index (χ3n) is 3.00. The number of halogens is 1. The Morgan fingerprint density at radius 3 is 2.64 bits per heavy atom. The van der Waals surface area contributed by atoms with Crippen molar-refractivity contribution in [1.29, 1.82) is 0 Å². The van der Waals surface area contributed by atoms with Gasteiger partial charge in [0.05, 0.1) is 15.9 Å². The third kappa shape index (κ3) is 1.86. The predicted molar refractivity (Wildman–Crippen MR) is 60.0 cm³/mol. The molecule has 1 heterocycles. The lowest BCUT2D eigenvalue weighted by Gasteiger charge is -2.19. The van der Waals surface area contributed by atoms with E-state index in [1.165, 1.54) is 37.8 Å². The molecule has 1 fully saturated rings. The molecule has 1 aromatic rings. The number of H-pyrrole nitrogens is 1. The maximum Gasteiger partial charge on any atom is 0.0798 e. The first-order chi connectivity index (χ1) is 6.83. The van der Waals surface area contributed by atoms with E-state index in [0.717, 1.165) is 10.2 Å². The molecule has 0 atom stereocenters. The summed E-state index contributed by atoms with van der Waals surface area (Å²) in [6, 6.07) is 0. The molecule has 1 saturated carbocycles. The first-order valence-corrected chi connectivity index (χ1v) is 6.05. The molecule has 78 valence electrons. The van der Waals surface area contributed by atoms with Crippen molar-refractivity contribution in [3.8, 4) is 0 Å². The zero-order valence-electron chi connectivity index (χ0n) is 8.22. The Balaban J connectivity index is 2.18. The van der Waals surface area contributed by atoms with Crippen LogP contribution in [-0.4, -0.2) is 10.2 Å². The molecule has 1 aliphatic carbocycles. The topological polar surface area (TPSA) is 54.7 Å². The smallest absolute Gasteiger partial charge is 0.0798 e. The zero-order valence-corrected chi connectivity index (χ0v) is 9.81. The van der Waals surface area contributed by atoms with Crippen LogP contribution in [0.2, 0.25) is 0 Å². The molecular formula is C10H16BrN3. The molecule has 0 aromatic carbocycles. The van der Waals surface area contributed by atoms with Gasteiger partial charge in [-0.15, -0.1) is 0 Å². The van der Waals surface area contributed by atoms with E-state index in [4.69, 9.17) is 5.73 Å². The van der Waals surface area contributed by atoms with Crippen LogP contribution in [0.25, 0.3) is 0 Å². The number of rotatable bonds is 2. The Morgan fingerprint density at radius 1 is 1.36 bits per heavy atom. The molecule has 0 saturated heterocycles. The molecule has 3 N–H and O–H groups in total. The lowest BCUT2D eigenvalue weighted by molar-refractivity contribution is 0.435. The van der Waals surface area contributed by atoms with E-state index >= 15 is 0 Å². The average molecular weight is 258 g/mol. The molecule has 0 unspecified atom stereocenters. The third-order valence-corrected chi connectivity index (χ3v) is 3.88. The Kier molecular flexibility index (Phi) is 3.23. The van der Waals surface area contributed by atoms with Crippen LogP contribution in [0.15, 0.2) is 4.47 Å². The first-order valence-electron chi connectivity index (χ1n) is 5.25. The fourth-order valence-corrected chi connectivity index (χ4v) is 2.83. The minimum absolute atomic E-state index is 0.528. The number of nitrogens with one attached hydrogen (secondary N) is 1. The van der Waals surface area contributed by atoms with Crippen molar-refractivity contribution in [2.75, 3.05) is 0 Å². The largest absolute Gasteiger partial charge is 0.325 e. The summed E-state index contributed by atoms with van der Waals surface area (Å²) >= 11 is 3.57. The van der Waals surface area contributed by atoms with Crippen LogP contribution < -0.4 is 5.73 Å². The Bertz CT molecular complexity index is 302. The molecule has 0 spiro atoms. The summed E-state index contributed by atoms with van der Waals surface area (Å²) in [6.07, 6.45) is 6.59. The van der Waals surface area contributed by atoms with Gasteiger partial charge in [-0.25, -0.2) is 0 Å². The maximum absolute atomic E-state index is 5.59. The van der Waals surface area contributed by atoms with Crippen molar-refractivity contribution in [2.24, 2.45) is 5.73 Å². The monoisotopic (exact) mass is 257 g/mol. The van der Waals surface area contributed by atoms with Gasteiger partial charge in [0.15, 0.2) is 0 Å². The minimum Gasteiger partial charge on any atom is -0.325 e. The van der Waals surface area contributed by atoms with Crippen molar-refractivity contribution < 1.29 is 0 Å². The highest BCUT2D eigenvalue weighted by atomic mass is 79.9. The number of nitrogens with two attached hydrogens (primary N) is 1. The molecule has 1 aromatic heterocycles. The first kappa shape index (κ1) is 10.2. The number of hydrogen-bond donors (Lipinski definition) is 2. The molecule has 0 amide bonds.